The van der Waals surface area contributed by atoms with Crippen LogP contribution in [0.2, 0.25) is 0 Å². The number of hydrogen-bond acceptors (Lipinski definition) is 3. The third kappa shape index (κ3) is 2.18. The first kappa shape index (κ1) is 11.4. The Kier molecular flexibility index (Phi) is 3.41. The van der Waals surface area contributed by atoms with Crippen molar-refractivity contribution in [1.82, 2.24) is 4.98 Å². The first-order valence-electron chi connectivity index (χ1n) is 5.12. The van der Waals surface area contributed by atoms with Crippen molar-refractivity contribution in [3.8, 4) is 11.5 Å². The minimum atomic E-state index is 0.222. The number of nitrogens with two attached hydrogens (primary N) is 1. The first-order chi connectivity index (χ1) is 7.72. The molecule has 16 heavy (non-hydrogen) atoms. The highest BCUT2D eigenvalue weighted by molar-refractivity contribution is 9.10. The third-order valence-electron chi connectivity index (χ3n) is 2.48. The van der Waals surface area contributed by atoms with Crippen LogP contribution in [0.5, 0.6) is 0 Å². The molecular weight excluding hydrogens is 268 g/mol. The van der Waals surface area contributed by atoms with Gasteiger partial charge in [-0.25, -0.2) is 4.98 Å². The highest BCUT2D eigenvalue weighted by atomic mass is 79.9. The molecule has 4 heteroatoms. The van der Waals surface area contributed by atoms with E-state index in [1.807, 2.05) is 31.2 Å². The number of oxazole rings is 1. The summed E-state index contributed by atoms with van der Waals surface area (Å²) in [4.78, 5) is 4.44. The summed E-state index contributed by atoms with van der Waals surface area (Å²) in [5.41, 5.74) is 7.44. The summed E-state index contributed by atoms with van der Waals surface area (Å²) in [6, 6.07) is 7.84. The van der Waals surface area contributed by atoms with Crippen molar-refractivity contribution in [2.45, 2.75) is 12.8 Å². The number of nitrogens with zero attached hydrogens (tertiary/aromatic N) is 1. The zero-order valence-corrected chi connectivity index (χ0v) is 10.6. The van der Waals surface area contributed by atoms with Crippen LogP contribution in [0.1, 0.15) is 18.5 Å². The molecule has 1 aromatic carbocycles. The molecule has 0 amide bonds. The SMILES string of the molecule is CC(CN)c1coc(-c2ccccc2Br)n1. The van der Waals surface area contributed by atoms with Gasteiger partial charge in [0.1, 0.15) is 6.26 Å². The van der Waals surface area contributed by atoms with Gasteiger partial charge >= 0.3 is 0 Å². The van der Waals surface area contributed by atoms with Crippen LogP contribution < -0.4 is 5.73 Å². The zero-order valence-electron chi connectivity index (χ0n) is 8.98. The molecule has 84 valence electrons. The topological polar surface area (TPSA) is 52.0 Å². The summed E-state index contributed by atoms with van der Waals surface area (Å²) in [7, 11) is 0. The molecule has 3 nitrogen and oxygen atoms in total. The molecule has 0 aliphatic heterocycles. The van der Waals surface area contributed by atoms with E-state index in [4.69, 9.17) is 10.2 Å². The van der Waals surface area contributed by atoms with E-state index in [0.29, 0.717) is 12.4 Å². The first-order valence-corrected chi connectivity index (χ1v) is 5.92. The quantitative estimate of drug-likeness (QED) is 0.940. The zero-order chi connectivity index (χ0) is 11.5. The molecule has 0 spiro atoms. The largest absolute Gasteiger partial charge is 0.444 e. The van der Waals surface area contributed by atoms with Gasteiger partial charge in [-0.05, 0) is 28.1 Å². The van der Waals surface area contributed by atoms with Crippen molar-refractivity contribution in [3.05, 3.63) is 40.7 Å². The Morgan fingerprint density at radius 1 is 1.44 bits per heavy atom. The number of hydrogen-bond donors (Lipinski definition) is 1. The molecule has 0 saturated heterocycles. The maximum Gasteiger partial charge on any atom is 0.227 e. The van der Waals surface area contributed by atoms with Crippen molar-refractivity contribution in [1.29, 1.82) is 0 Å². The predicted molar refractivity (Wildman–Crippen MR) is 67.1 cm³/mol. The van der Waals surface area contributed by atoms with Crippen LogP contribution in [0, 0.1) is 0 Å². The maximum absolute atomic E-state index is 5.59. The minimum absolute atomic E-state index is 0.222. The van der Waals surface area contributed by atoms with Crippen LogP contribution in [-0.2, 0) is 0 Å². The number of rotatable bonds is 3. The van der Waals surface area contributed by atoms with Gasteiger partial charge in [0.05, 0.1) is 11.3 Å². The molecule has 1 heterocycles. The number of benzene rings is 1. The Labute approximate surface area is 103 Å². The van der Waals surface area contributed by atoms with E-state index >= 15 is 0 Å². The van der Waals surface area contributed by atoms with Gasteiger partial charge in [-0.15, -0.1) is 0 Å². The van der Waals surface area contributed by atoms with Crippen molar-refractivity contribution in [2.75, 3.05) is 6.54 Å². The van der Waals surface area contributed by atoms with E-state index in [2.05, 4.69) is 20.9 Å². The lowest BCUT2D eigenvalue weighted by molar-refractivity contribution is 0.570. The molecule has 0 aliphatic carbocycles. The fourth-order valence-electron chi connectivity index (χ4n) is 1.39. The molecule has 0 saturated carbocycles. The van der Waals surface area contributed by atoms with E-state index in [1.54, 1.807) is 6.26 Å². The summed E-state index contributed by atoms with van der Waals surface area (Å²) in [5, 5.41) is 0. The standard InChI is InChI=1S/C12H13BrN2O/c1-8(6-14)11-7-16-12(15-11)9-4-2-3-5-10(9)13/h2-5,7-8H,6,14H2,1H3. The number of aromatic nitrogens is 1. The second-order valence-corrected chi connectivity index (χ2v) is 4.55. The molecule has 2 rings (SSSR count). The molecule has 2 aromatic rings. The molecule has 1 unspecified atom stereocenters. The maximum atomic E-state index is 5.59. The van der Waals surface area contributed by atoms with Gasteiger partial charge in [-0.1, -0.05) is 19.1 Å². The smallest absolute Gasteiger partial charge is 0.227 e. The average Bonchev–Trinajstić information content (AvgIpc) is 2.78. The van der Waals surface area contributed by atoms with Gasteiger partial charge in [-0.3, -0.25) is 0 Å². The normalized spacial score (nSPS) is 12.7. The predicted octanol–water partition coefficient (Wildman–Crippen LogP) is 3.17. The summed E-state index contributed by atoms with van der Waals surface area (Å²) in [5.74, 6) is 0.850. The van der Waals surface area contributed by atoms with E-state index in [1.165, 1.54) is 0 Å². The summed E-state index contributed by atoms with van der Waals surface area (Å²) >= 11 is 3.47. The molecular formula is C12H13BrN2O. The Morgan fingerprint density at radius 3 is 2.88 bits per heavy atom. The van der Waals surface area contributed by atoms with Crippen LogP contribution in [0.4, 0.5) is 0 Å². The van der Waals surface area contributed by atoms with Crippen molar-refractivity contribution in [3.63, 3.8) is 0 Å². The molecule has 1 atom stereocenters. The Balaban J connectivity index is 2.35. The van der Waals surface area contributed by atoms with Gasteiger partial charge in [0.25, 0.3) is 0 Å². The van der Waals surface area contributed by atoms with Gasteiger partial charge in [0.15, 0.2) is 0 Å². The van der Waals surface area contributed by atoms with Crippen LogP contribution in [0.3, 0.4) is 0 Å². The molecule has 1 aromatic heterocycles. The van der Waals surface area contributed by atoms with Gasteiger partial charge in [0.2, 0.25) is 5.89 Å². The summed E-state index contributed by atoms with van der Waals surface area (Å²) in [6.07, 6.45) is 1.67. The van der Waals surface area contributed by atoms with Crippen molar-refractivity contribution < 1.29 is 4.42 Å². The Morgan fingerprint density at radius 2 is 2.19 bits per heavy atom. The number of halogens is 1. The molecule has 0 bridgehead atoms. The lowest BCUT2D eigenvalue weighted by atomic mass is 10.1. The highest BCUT2D eigenvalue weighted by Crippen LogP contribution is 2.28. The van der Waals surface area contributed by atoms with Gasteiger partial charge in [-0.2, -0.15) is 0 Å². The molecule has 0 fully saturated rings. The monoisotopic (exact) mass is 280 g/mol. The highest BCUT2D eigenvalue weighted by Gasteiger charge is 2.12. The lowest BCUT2D eigenvalue weighted by Crippen LogP contribution is -2.08. The Bertz CT molecular complexity index is 481. The van der Waals surface area contributed by atoms with E-state index in [0.717, 1.165) is 15.7 Å². The summed E-state index contributed by atoms with van der Waals surface area (Å²) < 4.78 is 6.43. The van der Waals surface area contributed by atoms with E-state index < -0.39 is 0 Å². The van der Waals surface area contributed by atoms with E-state index in [-0.39, 0.29) is 5.92 Å². The van der Waals surface area contributed by atoms with Crippen LogP contribution in [-0.4, -0.2) is 11.5 Å². The molecule has 0 aliphatic rings. The Hall–Kier alpha value is -1.13. The fourth-order valence-corrected chi connectivity index (χ4v) is 1.85. The lowest BCUT2D eigenvalue weighted by Gasteiger charge is -2.01. The van der Waals surface area contributed by atoms with E-state index in [9.17, 15) is 0 Å². The van der Waals surface area contributed by atoms with Gasteiger partial charge < -0.3 is 10.2 Å². The molecule has 2 N–H and O–H groups in total. The second kappa shape index (κ2) is 4.80. The second-order valence-electron chi connectivity index (χ2n) is 3.69. The van der Waals surface area contributed by atoms with Crippen molar-refractivity contribution in [2.24, 2.45) is 5.73 Å². The van der Waals surface area contributed by atoms with Crippen LogP contribution in [0.15, 0.2) is 39.4 Å². The third-order valence-corrected chi connectivity index (χ3v) is 3.18. The average molecular weight is 281 g/mol. The minimum Gasteiger partial charge on any atom is -0.444 e. The van der Waals surface area contributed by atoms with Crippen LogP contribution >= 0.6 is 15.9 Å². The molecule has 0 radical (unpaired) electrons. The summed E-state index contributed by atoms with van der Waals surface area (Å²) in [6.45, 7) is 2.60. The fraction of sp³-hybridized carbons (Fsp3) is 0.250. The van der Waals surface area contributed by atoms with Gasteiger partial charge in [0, 0.05) is 16.9 Å². The van der Waals surface area contributed by atoms with Crippen molar-refractivity contribution >= 4 is 15.9 Å². The van der Waals surface area contributed by atoms with Crippen LogP contribution in [0.25, 0.3) is 11.5 Å².